The summed E-state index contributed by atoms with van der Waals surface area (Å²) in [5.41, 5.74) is 7.37. The summed E-state index contributed by atoms with van der Waals surface area (Å²) in [4.78, 5) is 4.37. The van der Waals surface area contributed by atoms with E-state index in [9.17, 15) is 0 Å². The molecule has 0 amide bonds. The summed E-state index contributed by atoms with van der Waals surface area (Å²) in [6.45, 7) is 5.15. The van der Waals surface area contributed by atoms with E-state index in [2.05, 4.69) is 36.1 Å². The first-order valence-electron chi connectivity index (χ1n) is 6.90. The van der Waals surface area contributed by atoms with Crippen molar-refractivity contribution in [2.75, 3.05) is 0 Å². The molecule has 4 nitrogen and oxygen atoms in total. The number of hydrogen-bond donors (Lipinski definition) is 1. The Morgan fingerprint density at radius 1 is 1.21 bits per heavy atom. The molecule has 1 aromatic carbocycles. The molecule has 2 aromatic rings. The molecular weight excluding hydrogens is 236 g/mol. The number of benzene rings is 1. The fourth-order valence-electron chi connectivity index (χ4n) is 2.31. The monoisotopic (exact) mass is 258 g/mol. The van der Waals surface area contributed by atoms with Gasteiger partial charge in [0.25, 0.3) is 0 Å². The van der Waals surface area contributed by atoms with Gasteiger partial charge in [-0.05, 0) is 18.4 Å². The molecule has 0 fully saturated rings. The van der Waals surface area contributed by atoms with E-state index >= 15 is 0 Å². The van der Waals surface area contributed by atoms with Gasteiger partial charge in [0.2, 0.25) is 0 Å². The summed E-state index contributed by atoms with van der Waals surface area (Å²) in [7, 11) is 0. The fourth-order valence-corrected chi connectivity index (χ4v) is 2.31. The first kappa shape index (κ1) is 13.7. The van der Waals surface area contributed by atoms with Gasteiger partial charge in [-0.1, -0.05) is 44.2 Å². The van der Waals surface area contributed by atoms with Crippen LogP contribution in [0.15, 0.2) is 36.7 Å². The molecule has 0 bridgehead atoms. The van der Waals surface area contributed by atoms with E-state index in [1.807, 2.05) is 22.9 Å². The van der Waals surface area contributed by atoms with Crippen LogP contribution in [0.2, 0.25) is 0 Å². The number of nitrogens with zero attached hydrogens (tertiary/aromatic N) is 3. The SMILES string of the molecule is CCCn1ncnc1CC(N)(CC)c1ccccc1. The van der Waals surface area contributed by atoms with Crippen LogP contribution in [0.25, 0.3) is 0 Å². The Balaban J connectivity index is 2.25. The molecule has 19 heavy (non-hydrogen) atoms. The Morgan fingerprint density at radius 2 is 1.95 bits per heavy atom. The standard InChI is InChI=1S/C15H22N4/c1-3-10-19-14(17-12-18-19)11-15(16,4-2)13-8-6-5-7-9-13/h5-9,12H,3-4,10-11,16H2,1-2H3. The molecule has 0 saturated carbocycles. The highest BCUT2D eigenvalue weighted by Gasteiger charge is 2.27. The van der Waals surface area contributed by atoms with Crippen molar-refractivity contribution in [3.63, 3.8) is 0 Å². The minimum Gasteiger partial charge on any atom is -0.321 e. The van der Waals surface area contributed by atoms with Crippen LogP contribution in [0.3, 0.4) is 0 Å². The minimum atomic E-state index is -0.375. The Kier molecular flexibility index (Phi) is 4.32. The van der Waals surface area contributed by atoms with Gasteiger partial charge in [-0.3, -0.25) is 4.68 Å². The van der Waals surface area contributed by atoms with Crippen molar-refractivity contribution in [1.29, 1.82) is 0 Å². The predicted molar refractivity (Wildman–Crippen MR) is 76.6 cm³/mol. The van der Waals surface area contributed by atoms with Crippen molar-refractivity contribution in [2.24, 2.45) is 5.73 Å². The zero-order chi connectivity index (χ0) is 13.7. The molecule has 102 valence electrons. The second kappa shape index (κ2) is 5.97. The predicted octanol–water partition coefficient (Wildman–Crippen LogP) is 2.49. The Hall–Kier alpha value is -1.68. The molecule has 1 atom stereocenters. The van der Waals surface area contributed by atoms with Crippen LogP contribution in [0.5, 0.6) is 0 Å². The maximum absolute atomic E-state index is 6.59. The first-order valence-corrected chi connectivity index (χ1v) is 6.90. The largest absolute Gasteiger partial charge is 0.321 e. The molecule has 0 aliphatic rings. The molecule has 0 aliphatic heterocycles. The van der Waals surface area contributed by atoms with Crippen molar-refractivity contribution >= 4 is 0 Å². The molecule has 1 heterocycles. The van der Waals surface area contributed by atoms with Crippen LogP contribution >= 0.6 is 0 Å². The quantitative estimate of drug-likeness (QED) is 0.866. The minimum absolute atomic E-state index is 0.375. The maximum atomic E-state index is 6.59. The Morgan fingerprint density at radius 3 is 2.58 bits per heavy atom. The van der Waals surface area contributed by atoms with Gasteiger partial charge in [-0.25, -0.2) is 4.98 Å². The van der Waals surface area contributed by atoms with Gasteiger partial charge in [0.1, 0.15) is 12.2 Å². The van der Waals surface area contributed by atoms with Gasteiger partial charge in [-0.15, -0.1) is 0 Å². The van der Waals surface area contributed by atoms with Gasteiger partial charge < -0.3 is 5.73 Å². The van der Waals surface area contributed by atoms with Crippen LogP contribution in [-0.4, -0.2) is 14.8 Å². The van der Waals surface area contributed by atoms with E-state index in [0.717, 1.165) is 30.8 Å². The number of hydrogen-bond acceptors (Lipinski definition) is 3. The van der Waals surface area contributed by atoms with Crippen LogP contribution in [0, 0.1) is 0 Å². The lowest BCUT2D eigenvalue weighted by molar-refractivity contribution is 0.400. The van der Waals surface area contributed by atoms with Gasteiger partial charge in [-0.2, -0.15) is 5.10 Å². The van der Waals surface area contributed by atoms with E-state index in [1.54, 1.807) is 6.33 Å². The maximum Gasteiger partial charge on any atom is 0.138 e. The van der Waals surface area contributed by atoms with E-state index < -0.39 is 0 Å². The summed E-state index contributed by atoms with van der Waals surface area (Å²) in [6, 6.07) is 10.2. The van der Waals surface area contributed by atoms with Crippen molar-refractivity contribution in [1.82, 2.24) is 14.8 Å². The van der Waals surface area contributed by atoms with Crippen molar-refractivity contribution in [3.8, 4) is 0 Å². The van der Waals surface area contributed by atoms with Gasteiger partial charge in [0.15, 0.2) is 0 Å². The summed E-state index contributed by atoms with van der Waals surface area (Å²) in [6.07, 6.45) is 4.25. The molecular formula is C15H22N4. The zero-order valence-electron chi connectivity index (χ0n) is 11.7. The molecule has 4 heteroatoms. The van der Waals surface area contributed by atoms with Crippen molar-refractivity contribution < 1.29 is 0 Å². The van der Waals surface area contributed by atoms with Gasteiger partial charge in [0.05, 0.1) is 0 Å². The van der Waals surface area contributed by atoms with Crippen molar-refractivity contribution in [3.05, 3.63) is 48.0 Å². The molecule has 0 aliphatic carbocycles. The second-order valence-corrected chi connectivity index (χ2v) is 4.95. The second-order valence-electron chi connectivity index (χ2n) is 4.95. The zero-order valence-corrected chi connectivity index (χ0v) is 11.7. The lowest BCUT2D eigenvalue weighted by atomic mass is 9.85. The summed E-state index contributed by atoms with van der Waals surface area (Å²) in [5.74, 6) is 0.968. The summed E-state index contributed by atoms with van der Waals surface area (Å²) < 4.78 is 1.96. The van der Waals surface area contributed by atoms with Crippen LogP contribution in [-0.2, 0) is 18.5 Å². The molecule has 1 unspecified atom stereocenters. The van der Waals surface area contributed by atoms with E-state index in [-0.39, 0.29) is 5.54 Å². The molecule has 0 spiro atoms. The number of aryl methyl sites for hydroxylation is 1. The highest BCUT2D eigenvalue weighted by atomic mass is 15.3. The molecule has 2 N–H and O–H groups in total. The normalized spacial score (nSPS) is 14.3. The molecule has 0 radical (unpaired) electrons. The van der Waals surface area contributed by atoms with Crippen LogP contribution < -0.4 is 5.73 Å². The van der Waals surface area contributed by atoms with E-state index in [0.29, 0.717) is 6.42 Å². The van der Waals surface area contributed by atoms with E-state index in [4.69, 9.17) is 5.73 Å². The highest BCUT2D eigenvalue weighted by molar-refractivity contribution is 5.25. The summed E-state index contributed by atoms with van der Waals surface area (Å²) >= 11 is 0. The lowest BCUT2D eigenvalue weighted by Crippen LogP contribution is -2.39. The Labute approximate surface area is 114 Å². The van der Waals surface area contributed by atoms with E-state index in [1.165, 1.54) is 0 Å². The third kappa shape index (κ3) is 3.01. The molecule has 2 rings (SSSR count). The average molecular weight is 258 g/mol. The topological polar surface area (TPSA) is 56.7 Å². The molecule has 0 saturated heterocycles. The number of aromatic nitrogens is 3. The third-order valence-electron chi connectivity index (χ3n) is 3.58. The average Bonchev–Trinajstić information content (AvgIpc) is 2.87. The van der Waals surface area contributed by atoms with Crippen molar-refractivity contribution in [2.45, 2.75) is 45.2 Å². The highest BCUT2D eigenvalue weighted by Crippen LogP contribution is 2.25. The fraction of sp³-hybridized carbons (Fsp3) is 0.467. The first-order chi connectivity index (χ1) is 9.19. The molecule has 1 aromatic heterocycles. The number of nitrogens with two attached hydrogens (primary N) is 1. The Bertz CT molecular complexity index is 506. The van der Waals surface area contributed by atoms with Gasteiger partial charge >= 0.3 is 0 Å². The third-order valence-corrected chi connectivity index (χ3v) is 3.58. The lowest BCUT2D eigenvalue weighted by Gasteiger charge is -2.28. The summed E-state index contributed by atoms with van der Waals surface area (Å²) in [5, 5.41) is 4.27. The van der Waals surface area contributed by atoms with Gasteiger partial charge in [0, 0.05) is 18.5 Å². The van der Waals surface area contributed by atoms with Crippen LogP contribution in [0.4, 0.5) is 0 Å². The number of rotatable bonds is 6. The van der Waals surface area contributed by atoms with Crippen LogP contribution in [0.1, 0.15) is 38.1 Å². The smallest absolute Gasteiger partial charge is 0.138 e.